The van der Waals surface area contributed by atoms with E-state index >= 15 is 0 Å². The molecule has 0 bridgehead atoms. The molecule has 1 heterocycles. The quantitative estimate of drug-likeness (QED) is 0.790. The molecule has 3 heteroatoms. The maximum Gasteiger partial charge on any atom is 0.0223 e. The van der Waals surface area contributed by atoms with Crippen LogP contribution in [-0.2, 0) is 0 Å². The van der Waals surface area contributed by atoms with E-state index in [4.69, 9.17) is 5.73 Å². The van der Waals surface area contributed by atoms with Gasteiger partial charge in [-0.05, 0) is 51.7 Å². The molecule has 3 nitrogen and oxygen atoms in total. The fraction of sp³-hybridized carbons (Fsp3) is 1.00. The van der Waals surface area contributed by atoms with Crippen molar-refractivity contribution >= 4 is 0 Å². The van der Waals surface area contributed by atoms with Crippen LogP contribution in [0.15, 0.2) is 0 Å². The van der Waals surface area contributed by atoms with Crippen LogP contribution >= 0.6 is 0 Å². The third-order valence-electron chi connectivity index (χ3n) is 4.69. The molecule has 0 aromatic rings. The summed E-state index contributed by atoms with van der Waals surface area (Å²) in [6.07, 6.45) is 6.69. The van der Waals surface area contributed by atoms with Gasteiger partial charge in [-0.25, -0.2) is 0 Å². The lowest BCUT2D eigenvalue weighted by molar-refractivity contribution is 0.180. The summed E-state index contributed by atoms with van der Waals surface area (Å²) in [4.78, 5) is 5.15. The normalized spacial score (nSPS) is 34.9. The van der Waals surface area contributed by atoms with Gasteiger partial charge in [-0.3, -0.25) is 4.90 Å². The smallest absolute Gasteiger partial charge is 0.0223 e. The summed E-state index contributed by atoms with van der Waals surface area (Å²) in [5, 5.41) is 0. The second kappa shape index (κ2) is 6.17. The first-order valence-electron chi connectivity index (χ1n) is 7.39. The van der Waals surface area contributed by atoms with Gasteiger partial charge in [-0.2, -0.15) is 0 Å². The lowest BCUT2D eigenvalue weighted by atomic mass is 10.0. The highest BCUT2D eigenvalue weighted by Gasteiger charge is 2.28. The van der Waals surface area contributed by atoms with Gasteiger partial charge in [0.25, 0.3) is 0 Å². The van der Waals surface area contributed by atoms with E-state index in [9.17, 15) is 0 Å². The largest absolute Gasteiger partial charge is 0.327 e. The Morgan fingerprint density at radius 1 is 1.18 bits per heavy atom. The minimum atomic E-state index is 0.461. The third-order valence-corrected chi connectivity index (χ3v) is 4.69. The monoisotopic (exact) mass is 239 g/mol. The van der Waals surface area contributed by atoms with Crippen LogP contribution in [0.4, 0.5) is 0 Å². The van der Waals surface area contributed by atoms with E-state index in [0.29, 0.717) is 6.04 Å². The second-order valence-corrected chi connectivity index (χ2v) is 6.00. The molecule has 0 amide bonds. The maximum atomic E-state index is 6.15. The number of hydrogen-bond donors (Lipinski definition) is 1. The average Bonchev–Trinajstić information content (AvgIpc) is 2.89. The zero-order valence-corrected chi connectivity index (χ0v) is 11.6. The molecular weight excluding hydrogens is 210 g/mol. The van der Waals surface area contributed by atoms with Crippen LogP contribution in [0.1, 0.15) is 39.0 Å². The van der Waals surface area contributed by atoms with Crippen LogP contribution in [0.25, 0.3) is 0 Å². The van der Waals surface area contributed by atoms with Gasteiger partial charge >= 0.3 is 0 Å². The van der Waals surface area contributed by atoms with Crippen LogP contribution in [0, 0.1) is 5.92 Å². The number of nitrogens with zero attached hydrogens (tertiary/aromatic N) is 2. The van der Waals surface area contributed by atoms with Gasteiger partial charge in [0, 0.05) is 25.2 Å². The highest BCUT2D eigenvalue weighted by Crippen LogP contribution is 2.25. The molecule has 3 unspecified atom stereocenters. The molecule has 1 aliphatic heterocycles. The fourth-order valence-electron chi connectivity index (χ4n) is 3.65. The van der Waals surface area contributed by atoms with Gasteiger partial charge in [-0.1, -0.05) is 13.3 Å². The van der Waals surface area contributed by atoms with E-state index < -0.39 is 0 Å². The molecule has 0 aromatic heterocycles. The minimum absolute atomic E-state index is 0.461. The highest BCUT2D eigenvalue weighted by atomic mass is 15.2. The van der Waals surface area contributed by atoms with Gasteiger partial charge in [0.15, 0.2) is 0 Å². The Hall–Kier alpha value is -0.120. The van der Waals surface area contributed by atoms with E-state index in [1.54, 1.807) is 0 Å². The number of likely N-dealkylation sites (tertiary alicyclic amines) is 1. The van der Waals surface area contributed by atoms with Crippen molar-refractivity contribution < 1.29 is 0 Å². The van der Waals surface area contributed by atoms with Crippen molar-refractivity contribution in [2.75, 3.05) is 33.2 Å². The van der Waals surface area contributed by atoms with E-state index in [2.05, 4.69) is 23.8 Å². The molecule has 2 rings (SSSR count). The predicted octanol–water partition coefficient (Wildman–Crippen LogP) is 1.53. The van der Waals surface area contributed by atoms with Gasteiger partial charge in [0.1, 0.15) is 0 Å². The molecule has 1 saturated carbocycles. The first kappa shape index (κ1) is 13.3. The minimum Gasteiger partial charge on any atom is -0.327 e. The van der Waals surface area contributed by atoms with Crippen molar-refractivity contribution in [3.05, 3.63) is 0 Å². The van der Waals surface area contributed by atoms with Crippen LogP contribution in [0.3, 0.4) is 0 Å². The van der Waals surface area contributed by atoms with Crippen molar-refractivity contribution in [1.82, 2.24) is 9.80 Å². The lowest BCUT2D eigenvalue weighted by Gasteiger charge is -2.30. The molecule has 2 N–H and O–H groups in total. The lowest BCUT2D eigenvalue weighted by Crippen LogP contribution is -2.42. The first-order valence-corrected chi connectivity index (χ1v) is 7.39. The summed E-state index contributed by atoms with van der Waals surface area (Å²) in [5.74, 6) is 0.747. The highest BCUT2D eigenvalue weighted by molar-refractivity contribution is 4.85. The SMILES string of the molecule is CCN1CCCC1CN(C)CC1CCCC1N. The van der Waals surface area contributed by atoms with Crippen molar-refractivity contribution in [1.29, 1.82) is 0 Å². The van der Waals surface area contributed by atoms with Gasteiger partial charge < -0.3 is 10.6 Å². The number of likely N-dealkylation sites (N-methyl/N-ethyl adjacent to an activating group) is 2. The summed E-state index contributed by atoms with van der Waals surface area (Å²) >= 11 is 0. The van der Waals surface area contributed by atoms with Gasteiger partial charge in [0.2, 0.25) is 0 Å². The summed E-state index contributed by atoms with van der Waals surface area (Å²) in [6.45, 7) is 7.23. The molecular formula is C14H29N3. The molecule has 1 saturated heterocycles. The van der Waals surface area contributed by atoms with E-state index in [0.717, 1.165) is 12.0 Å². The van der Waals surface area contributed by atoms with E-state index in [1.165, 1.54) is 58.3 Å². The summed E-state index contributed by atoms with van der Waals surface area (Å²) in [6, 6.07) is 1.26. The molecule has 2 fully saturated rings. The van der Waals surface area contributed by atoms with E-state index in [1.807, 2.05) is 0 Å². The topological polar surface area (TPSA) is 32.5 Å². The van der Waals surface area contributed by atoms with Crippen LogP contribution in [0.5, 0.6) is 0 Å². The molecule has 0 radical (unpaired) electrons. The Morgan fingerprint density at radius 2 is 2.00 bits per heavy atom. The Labute approximate surface area is 106 Å². The zero-order valence-electron chi connectivity index (χ0n) is 11.6. The molecule has 0 spiro atoms. The van der Waals surface area contributed by atoms with Crippen molar-refractivity contribution in [3.63, 3.8) is 0 Å². The van der Waals surface area contributed by atoms with Gasteiger partial charge in [-0.15, -0.1) is 0 Å². The molecule has 0 aromatic carbocycles. The zero-order chi connectivity index (χ0) is 12.3. The molecule has 1 aliphatic carbocycles. The van der Waals surface area contributed by atoms with Crippen molar-refractivity contribution in [2.24, 2.45) is 11.7 Å². The average molecular weight is 239 g/mol. The Kier molecular flexibility index (Phi) is 4.83. The van der Waals surface area contributed by atoms with Crippen LogP contribution in [0.2, 0.25) is 0 Å². The Bertz CT molecular complexity index is 232. The fourth-order valence-corrected chi connectivity index (χ4v) is 3.65. The number of hydrogen-bond acceptors (Lipinski definition) is 3. The number of rotatable bonds is 5. The Morgan fingerprint density at radius 3 is 2.65 bits per heavy atom. The first-order chi connectivity index (χ1) is 8.20. The molecule has 3 atom stereocenters. The number of nitrogens with two attached hydrogens (primary N) is 1. The molecule has 100 valence electrons. The van der Waals surface area contributed by atoms with Crippen LogP contribution < -0.4 is 5.73 Å². The Balaban J connectivity index is 1.74. The van der Waals surface area contributed by atoms with Gasteiger partial charge in [0.05, 0.1) is 0 Å². The van der Waals surface area contributed by atoms with Crippen LogP contribution in [-0.4, -0.2) is 55.1 Å². The van der Waals surface area contributed by atoms with Crippen molar-refractivity contribution in [3.8, 4) is 0 Å². The maximum absolute atomic E-state index is 6.15. The van der Waals surface area contributed by atoms with E-state index in [-0.39, 0.29) is 0 Å². The summed E-state index contributed by atoms with van der Waals surface area (Å²) < 4.78 is 0. The predicted molar refractivity (Wildman–Crippen MR) is 73.1 cm³/mol. The molecule has 17 heavy (non-hydrogen) atoms. The second-order valence-electron chi connectivity index (χ2n) is 6.00. The third kappa shape index (κ3) is 3.43. The standard InChI is InChI=1S/C14H29N3/c1-3-17-9-5-7-13(17)11-16(2)10-12-6-4-8-14(12)15/h12-14H,3-11,15H2,1-2H3. The molecule has 2 aliphatic rings. The summed E-state index contributed by atoms with van der Waals surface area (Å²) in [7, 11) is 2.28. The summed E-state index contributed by atoms with van der Waals surface area (Å²) in [5.41, 5.74) is 6.15. The van der Waals surface area contributed by atoms with Crippen molar-refractivity contribution in [2.45, 2.75) is 51.1 Å².